The van der Waals surface area contributed by atoms with Gasteiger partial charge in [0.15, 0.2) is 0 Å². The summed E-state index contributed by atoms with van der Waals surface area (Å²) in [5, 5.41) is 12.0. The van der Waals surface area contributed by atoms with Gasteiger partial charge in [0.05, 0.1) is 0 Å². The molecule has 0 aliphatic carbocycles. The molecule has 0 saturated heterocycles. The highest BCUT2D eigenvalue weighted by atomic mass is 19.1. The van der Waals surface area contributed by atoms with Crippen LogP contribution in [0.3, 0.4) is 0 Å². The summed E-state index contributed by atoms with van der Waals surface area (Å²) in [6, 6.07) is 21.8. The minimum Gasteiger partial charge on any atom is -0.489 e. The summed E-state index contributed by atoms with van der Waals surface area (Å²) < 4.78 is 18.7. The Morgan fingerprint density at radius 2 is 1.52 bits per heavy atom. The molecule has 0 saturated carbocycles. The molecule has 0 aliphatic heterocycles. The van der Waals surface area contributed by atoms with E-state index in [-0.39, 0.29) is 24.6 Å². The number of carbonyl (C=O) groups excluding carboxylic acids is 1. The molecule has 3 aromatic rings. The van der Waals surface area contributed by atoms with Crippen LogP contribution in [0.2, 0.25) is 0 Å². The Hall–Kier alpha value is -3.67. The Morgan fingerprint density at radius 3 is 2.16 bits per heavy atom. The molecule has 0 bridgehead atoms. The van der Waals surface area contributed by atoms with Gasteiger partial charge >= 0.3 is 5.97 Å². The van der Waals surface area contributed by atoms with E-state index in [1.54, 1.807) is 36.4 Å². The summed E-state index contributed by atoms with van der Waals surface area (Å²) in [5.41, 5.74) is 2.65. The largest absolute Gasteiger partial charge is 0.489 e. The van der Waals surface area contributed by atoms with Gasteiger partial charge in [-0.05, 0) is 47.4 Å². The van der Waals surface area contributed by atoms with Gasteiger partial charge < -0.3 is 15.2 Å². The predicted molar refractivity (Wildman–Crippen MR) is 115 cm³/mol. The summed E-state index contributed by atoms with van der Waals surface area (Å²) in [7, 11) is 0. The third-order valence-corrected chi connectivity index (χ3v) is 4.80. The first kappa shape index (κ1) is 22.0. The number of hydrogen-bond acceptors (Lipinski definition) is 3. The van der Waals surface area contributed by atoms with E-state index < -0.39 is 12.0 Å². The second-order valence-electron chi connectivity index (χ2n) is 7.21. The van der Waals surface area contributed by atoms with E-state index in [2.05, 4.69) is 5.32 Å². The van der Waals surface area contributed by atoms with Crippen molar-refractivity contribution in [3.8, 4) is 5.75 Å². The molecule has 1 unspecified atom stereocenters. The van der Waals surface area contributed by atoms with Crippen LogP contribution in [0, 0.1) is 5.82 Å². The zero-order chi connectivity index (χ0) is 22.1. The molecule has 1 atom stereocenters. The van der Waals surface area contributed by atoms with Crippen molar-refractivity contribution in [1.29, 1.82) is 0 Å². The fraction of sp³-hybridized carbons (Fsp3) is 0.200. The van der Waals surface area contributed by atoms with Gasteiger partial charge in [0.2, 0.25) is 5.91 Å². The number of amides is 1. The maximum Gasteiger partial charge on any atom is 0.326 e. The minimum absolute atomic E-state index is 0.127. The number of ether oxygens (including phenoxy) is 1. The number of rotatable bonds is 10. The van der Waals surface area contributed by atoms with E-state index in [0.717, 1.165) is 16.7 Å². The van der Waals surface area contributed by atoms with Gasteiger partial charge in [0, 0.05) is 12.8 Å². The zero-order valence-electron chi connectivity index (χ0n) is 17.0. The molecule has 31 heavy (non-hydrogen) atoms. The molecule has 0 aliphatic rings. The van der Waals surface area contributed by atoms with E-state index in [4.69, 9.17) is 4.74 Å². The van der Waals surface area contributed by atoms with Gasteiger partial charge in [-0.25, -0.2) is 9.18 Å². The Morgan fingerprint density at radius 1 is 0.871 bits per heavy atom. The topological polar surface area (TPSA) is 75.6 Å². The molecule has 1 amide bonds. The fourth-order valence-corrected chi connectivity index (χ4v) is 3.07. The Kier molecular flexibility index (Phi) is 7.76. The number of hydrogen-bond donors (Lipinski definition) is 2. The number of carboxylic acids is 1. The molecular formula is C25H24FNO4. The fourth-order valence-electron chi connectivity index (χ4n) is 3.07. The van der Waals surface area contributed by atoms with Crippen LogP contribution in [0.25, 0.3) is 0 Å². The number of aliphatic carboxylic acids is 1. The van der Waals surface area contributed by atoms with Crippen molar-refractivity contribution >= 4 is 11.9 Å². The Bertz CT molecular complexity index is 988. The van der Waals surface area contributed by atoms with E-state index in [0.29, 0.717) is 18.8 Å². The van der Waals surface area contributed by atoms with E-state index in [1.807, 2.05) is 30.3 Å². The highest BCUT2D eigenvalue weighted by Gasteiger charge is 2.20. The van der Waals surface area contributed by atoms with Crippen LogP contribution in [0.5, 0.6) is 5.75 Å². The number of halogens is 1. The number of aryl methyl sites for hydroxylation is 1. The van der Waals surface area contributed by atoms with Crippen LogP contribution in [0.15, 0.2) is 78.9 Å². The zero-order valence-corrected chi connectivity index (χ0v) is 17.0. The lowest BCUT2D eigenvalue weighted by atomic mass is 10.0. The molecule has 0 heterocycles. The summed E-state index contributed by atoms with van der Waals surface area (Å²) in [6.07, 6.45) is 0.699. The Labute approximate surface area is 180 Å². The van der Waals surface area contributed by atoms with Crippen LogP contribution < -0.4 is 10.1 Å². The number of benzene rings is 3. The van der Waals surface area contributed by atoms with E-state index in [1.165, 1.54) is 12.1 Å². The van der Waals surface area contributed by atoms with Crippen molar-refractivity contribution in [3.63, 3.8) is 0 Å². The average molecular weight is 421 g/mol. The molecular weight excluding hydrogens is 397 g/mol. The van der Waals surface area contributed by atoms with Crippen molar-refractivity contribution in [2.45, 2.75) is 31.9 Å². The standard InChI is InChI=1S/C25H24FNO4/c26-21-11-6-18(7-12-21)10-15-24(28)27-23(25(29)30)16-19-8-13-22(14-9-19)31-17-20-4-2-1-3-5-20/h1-9,11-14,23H,10,15-17H2,(H,27,28)(H,29,30). The second-order valence-corrected chi connectivity index (χ2v) is 7.21. The van der Waals surface area contributed by atoms with Crippen LogP contribution >= 0.6 is 0 Å². The first-order valence-corrected chi connectivity index (χ1v) is 10.0. The van der Waals surface area contributed by atoms with E-state index in [9.17, 15) is 19.1 Å². The first-order valence-electron chi connectivity index (χ1n) is 10.0. The summed E-state index contributed by atoms with van der Waals surface area (Å²) in [4.78, 5) is 23.8. The molecule has 0 aromatic heterocycles. The summed E-state index contributed by atoms with van der Waals surface area (Å²) >= 11 is 0. The van der Waals surface area contributed by atoms with Crippen LogP contribution in [-0.4, -0.2) is 23.0 Å². The highest BCUT2D eigenvalue weighted by molar-refractivity contribution is 5.83. The molecule has 0 fully saturated rings. The van der Waals surface area contributed by atoms with Crippen molar-refractivity contribution < 1.29 is 23.8 Å². The van der Waals surface area contributed by atoms with Gasteiger partial charge in [-0.3, -0.25) is 4.79 Å². The Balaban J connectivity index is 1.50. The van der Waals surface area contributed by atoms with Crippen molar-refractivity contribution in [1.82, 2.24) is 5.32 Å². The van der Waals surface area contributed by atoms with Gasteiger partial charge in [-0.1, -0.05) is 54.6 Å². The highest BCUT2D eigenvalue weighted by Crippen LogP contribution is 2.16. The predicted octanol–water partition coefficient (Wildman–Crippen LogP) is 4.15. The molecule has 2 N–H and O–H groups in total. The number of nitrogens with one attached hydrogen (secondary N) is 1. The van der Waals surface area contributed by atoms with Gasteiger partial charge in [0.25, 0.3) is 0 Å². The SMILES string of the molecule is O=C(CCc1ccc(F)cc1)NC(Cc1ccc(OCc2ccccc2)cc1)C(=O)O. The molecule has 0 radical (unpaired) electrons. The van der Waals surface area contributed by atoms with Gasteiger partial charge in [-0.15, -0.1) is 0 Å². The first-order chi connectivity index (χ1) is 15.0. The maximum atomic E-state index is 12.9. The number of carboxylic acid groups (broad SMARTS) is 1. The lowest BCUT2D eigenvalue weighted by Gasteiger charge is -2.15. The van der Waals surface area contributed by atoms with Gasteiger partial charge in [-0.2, -0.15) is 0 Å². The molecule has 6 heteroatoms. The van der Waals surface area contributed by atoms with Crippen molar-refractivity contribution in [2.75, 3.05) is 0 Å². The lowest BCUT2D eigenvalue weighted by molar-refractivity contribution is -0.141. The smallest absolute Gasteiger partial charge is 0.326 e. The third-order valence-electron chi connectivity index (χ3n) is 4.80. The summed E-state index contributed by atoms with van der Waals surface area (Å²) in [6.45, 7) is 0.446. The maximum absolute atomic E-state index is 12.9. The molecule has 0 spiro atoms. The molecule has 5 nitrogen and oxygen atoms in total. The molecule has 160 valence electrons. The lowest BCUT2D eigenvalue weighted by Crippen LogP contribution is -2.42. The number of carbonyl (C=O) groups is 2. The molecule has 3 aromatic carbocycles. The van der Waals surface area contributed by atoms with E-state index >= 15 is 0 Å². The molecule has 3 rings (SSSR count). The van der Waals surface area contributed by atoms with Crippen molar-refractivity contribution in [3.05, 3.63) is 101 Å². The average Bonchev–Trinajstić information content (AvgIpc) is 2.78. The van der Waals surface area contributed by atoms with Crippen LogP contribution in [0.1, 0.15) is 23.1 Å². The monoisotopic (exact) mass is 421 g/mol. The summed E-state index contributed by atoms with van der Waals surface area (Å²) in [5.74, 6) is -1.11. The van der Waals surface area contributed by atoms with Crippen LogP contribution in [-0.2, 0) is 29.0 Å². The quantitative estimate of drug-likeness (QED) is 0.516. The van der Waals surface area contributed by atoms with Crippen molar-refractivity contribution in [2.24, 2.45) is 0 Å². The minimum atomic E-state index is -1.10. The third kappa shape index (κ3) is 7.26. The second kappa shape index (κ2) is 10.9. The van der Waals surface area contributed by atoms with Gasteiger partial charge in [0.1, 0.15) is 24.2 Å². The normalized spacial score (nSPS) is 11.5. The van der Waals surface area contributed by atoms with Crippen LogP contribution in [0.4, 0.5) is 4.39 Å².